The van der Waals surface area contributed by atoms with E-state index in [9.17, 15) is 19.1 Å². The monoisotopic (exact) mass is 336 g/mol. The topological polar surface area (TPSA) is 78.4 Å². The minimum absolute atomic E-state index is 0.0451. The lowest BCUT2D eigenvalue weighted by molar-refractivity contribution is -0.121. The number of aryl methyl sites for hydroxylation is 1. The minimum atomic E-state index is -0.680. The van der Waals surface area contributed by atoms with E-state index in [2.05, 4.69) is 10.9 Å². The number of halogens is 2. The van der Waals surface area contributed by atoms with Crippen LogP contribution in [0.4, 0.5) is 4.39 Å². The molecule has 0 aliphatic heterocycles. The van der Waals surface area contributed by atoms with Gasteiger partial charge in [0.05, 0.1) is 5.56 Å². The van der Waals surface area contributed by atoms with E-state index in [1.165, 1.54) is 30.3 Å². The summed E-state index contributed by atoms with van der Waals surface area (Å²) in [5, 5.41) is 9.87. The maximum atomic E-state index is 12.8. The van der Waals surface area contributed by atoms with Crippen LogP contribution in [0.3, 0.4) is 0 Å². The van der Waals surface area contributed by atoms with Crippen LogP contribution in [0.15, 0.2) is 42.5 Å². The van der Waals surface area contributed by atoms with Gasteiger partial charge in [0.1, 0.15) is 11.6 Å². The smallest absolute Gasteiger partial charge is 0.273 e. The summed E-state index contributed by atoms with van der Waals surface area (Å²) in [6.45, 7) is 0. The number of rotatable bonds is 4. The lowest BCUT2D eigenvalue weighted by Crippen LogP contribution is -2.41. The molecule has 0 fully saturated rings. The van der Waals surface area contributed by atoms with E-state index in [-0.39, 0.29) is 28.6 Å². The molecule has 120 valence electrons. The molecule has 3 N–H and O–H groups in total. The molecule has 0 saturated carbocycles. The van der Waals surface area contributed by atoms with Crippen molar-refractivity contribution in [3.63, 3.8) is 0 Å². The van der Waals surface area contributed by atoms with Crippen molar-refractivity contribution in [2.45, 2.75) is 12.8 Å². The van der Waals surface area contributed by atoms with E-state index in [0.29, 0.717) is 6.42 Å². The lowest BCUT2D eigenvalue weighted by Gasteiger charge is -2.09. The second-order valence-electron chi connectivity index (χ2n) is 4.79. The van der Waals surface area contributed by atoms with E-state index in [4.69, 9.17) is 11.6 Å². The highest BCUT2D eigenvalue weighted by Crippen LogP contribution is 2.20. The number of nitrogens with one attached hydrogen (secondary N) is 2. The summed E-state index contributed by atoms with van der Waals surface area (Å²) in [5.41, 5.74) is 5.20. The highest BCUT2D eigenvalue weighted by Gasteiger charge is 2.12. The van der Waals surface area contributed by atoms with Gasteiger partial charge in [-0.05, 0) is 42.3 Å². The third-order valence-corrected chi connectivity index (χ3v) is 3.31. The van der Waals surface area contributed by atoms with Gasteiger partial charge in [0.25, 0.3) is 5.91 Å². The van der Waals surface area contributed by atoms with Crippen LogP contribution in [-0.2, 0) is 11.2 Å². The summed E-state index contributed by atoms with van der Waals surface area (Å²) in [7, 11) is 0. The molecule has 0 aliphatic rings. The Balaban J connectivity index is 1.83. The van der Waals surface area contributed by atoms with E-state index in [0.717, 1.165) is 5.56 Å². The maximum absolute atomic E-state index is 12.8. The Labute approximate surface area is 137 Å². The van der Waals surface area contributed by atoms with Crippen LogP contribution in [0, 0.1) is 5.82 Å². The van der Waals surface area contributed by atoms with E-state index >= 15 is 0 Å². The average Bonchev–Trinajstić information content (AvgIpc) is 2.54. The Morgan fingerprint density at radius 3 is 2.48 bits per heavy atom. The Morgan fingerprint density at radius 2 is 1.78 bits per heavy atom. The number of phenols is 1. The first-order chi connectivity index (χ1) is 11.0. The van der Waals surface area contributed by atoms with Crippen molar-refractivity contribution in [3.8, 4) is 5.75 Å². The van der Waals surface area contributed by atoms with Crippen molar-refractivity contribution < 1.29 is 19.1 Å². The molecule has 2 rings (SSSR count). The molecule has 0 unspecified atom stereocenters. The molecule has 7 heteroatoms. The van der Waals surface area contributed by atoms with Crippen LogP contribution in [0.5, 0.6) is 5.75 Å². The van der Waals surface area contributed by atoms with Crippen molar-refractivity contribution >= 4 is 23.4 Å². The molecule has 0 aromatic heterocycles. The van der Waals surface area contributed by atoms with Crippen molar-refractivity contribution in [1.29, 1.82) is 0 Å². The molecule has 5 nitrogen and oxygen atoms in total. The molecular formula is C16H14ClFN2O3. The predicted octanol–water partition coefficient (Wildman–Crippen LogP) is 2.58. The van der Waals surface area contributed by atoms with Gasteiger partial charge in [0.15, 0.2) is 0 Å². The summed E-state index contributed by atoms with van der Waals surface area (Å²) >= 11 is 5.75. The number of phenolic OH excluding ortho intramolecular Hbond substituents is 1. The van der Waals surface area contributed by atoms with Crippen molar-refractivity contribution in [2.75, 3.05) is 0 Å². The van der Waals surface area contributed by atoms with Crippen molar-refractivity contribution in [2.24, 2.45) is 0 Å². The number of benzene rings is 2. The average molecular weight is 337 g/mol. The summed E-state index contributed by atoms with van der Waals surface area (Å²) in [6, 6.07) is 9.82. The first-order valence-electron chi connectivity index (χ1n) is 6.78. The van der Waals surface area contributed by atoms with Gasteiger partial charge in [-0.15, -0.1) is 0 Å². The quantitative estimate of drug-likeness (QED) is 0.751. The molecule has 23 heavy (non-hydrogen) atoms. The van der Waals surface area contributed by atoms with E-state index in [1.54, 1.807) is 12.1 Å². The molecule has 0 aliphatic carbocycles. The van der Waals surface area contributed by atoms with Crippen LogP contribution in [0.1, 0.15) is 22.3 Å². The van der Waals surface area contributed by atoms with Gasteiger partial charge in [-0.2, -0.15) is 0 Å². The lowest BCUT2D eigenvalue weighted by atomic mass is 10.1. The van der Waals surface area contributed by atoms with Crippen molar-refractivity contribution in [1.82, 2.24) is 10.9 Å². The highest BCUT2D eigenvalue weighted by atomic mass is 35.5. The highest BCUT2D eigenvalue weighted by molar-refractivity contribution is 6.31. The molecule has 0 atom stereocenters. The molecule has 0 spiro atoms. The Morgan fingerprint density at radius 1 is 1.09 bits per heavy atom. The fraction of sp³-hybridized carbons (Fsp3) is 0.125. The fourth-order valence-corrected chi connectivity index (χ4v) is 2.03. The normalized spacial score (nSPS) is 10.2. The maximum Gasteiger partial charge on any atom is 0.273 e. The SMILES string of the molecule is O=C(CCc1ccc(F)cc1)NNC(=O)c1cc(Cl)ccc1O. The zero-order valence-corrected chi connectivity index (χ0v) is 12.7. The van der Waals surface area contributed by atoms with Gasteiger partial charge in [0.2, 0.25) is 5.91 Å². The molecule has 0 heterocycles. The fourth-order valence-electron chi connectivity index (χ4n) is 1.86. The summed E-state index contributed by atoms with van der Waals surface area (Å²) in [6.07, 6.45) is 0.526. The number of carbonyl (C=O) groups is 2. The van der Waals surface area contributed by atoms with Crippen LogP contribution in [0.25, 0.3) is 0 Å². The molecule has 0 radical (unpaired) electrons. The van der Waals surface area contributed by atoms with Gasteiger partial charge < -0.3 is 5.11 Å². The molecule has 2 aromatic rings. The summed E-state index contributed by atoms with van der Waals surface area (Å²) in [5.74, 6) is -1.68. The van der Waals surface area contributed by atoms with Gasteiger partial charge in [0, 0.05) is 11.4 Å². The predicted molar refractivity (Wildman–Crippen MR) is 83.4 cm³/mol. The number of hydrazine groups is 1. The molecule has 0 saturated heterocycles. The van der Waals surface area contributed by atoms with Gasteiger partial charge in [-0.25, -0.2) is 4.39 Å². The molecular weight excluding hydrogens is 323 g/mol. The number of hydrogen-bond donors (Lipinski definition) is 3. The molecule has 0 bridgehead atoms. The largest absolute Gasteiger partial charge is 0.507 e. The molecule has 2 aromatic carbocycles. The third-order valence-electron chi connectivity index (χ3n) is 3.07. The standard InChI is InChI=1S/C16H14ClFN2O3/c17-11-4-7-14(21)13(9-11)16(23)20-19-15(22)8-3-10-1-5-12(18)6-2-10/h1-2,4-7,9,21H,3,8H2,(H,19,22)(H,20,23). The Bertz CT molecular complexity index is 720. The Kier molecular flexibility index (Phi) is 5.54. The Hall–Kier alpha value is -2.60. The summed E-state index contributed by atoms with van der Waals surface area (Å²) < 4.78 is 12.8. The van der Waals surface area contributed by atoms with Crippen LogP contribution in [-0.4, -0.2) is 16.9 Å². The third kappa shape index (κ3) is 4.96. The van der Waals surface area contributed by atoms with Crippen LogP contribution in [0.2, 0.25) is 5.02 Å². The van der Waals surface area contributed by atoms with Gasteiger partial charge in [-0.3, -0.25) is 20.4 Å². The second-order valence-corrected chi connectivity index (χ2v) is 5.23. The number of hydrogen-bond acceptors (Lipinski definition) is 3. The number of carbonyl (C=O) groups excluding carboxylic acids is 2. The number of aromatic hydroxyl groups is 1. The zero-order valence-electron chi connectivity index (χ0n) is 12.0. The van der Waals surface area contributed by atoms with Crippen molar-refractivity contribution in [3.05, 3.63) is 64.4 Å². The van der Waals surface area contributed by atoms with Gasteiger partial charge in [-0.1, -0.05) is 23.7 Å². The van der Waals surface area contributed by atoms with E-state index in [1.807, 2.05) is 0 Å². The molecule has 2 amide bonds. The van der Waals surface area contributed by atoms with Crippen LogP contribution >= 0.6 is 11.6 Å². The minimum Gasteiger partial charge on any atom is -0.507 e. The van der Waals surface area contributed by atoms with Crippen LogP contribution < -0.4 is 10.9 Å². The number of amides is 2. The first-order valence-corrected chi connectivity index (χ1v) is 7.15. The zero-order chi connectivity index (χ0) is 16.8. The summed E-state index contributed by atoms with van der Waals surface area (Å²) in [4.78, 5) is 23.5. The van der Waals surface area contributed by atoms with E-state index < -0.39 is 11.8 Å². The first kappa shape index (κ1) is 16.8. The van der Waals surface area contributed by atoms with Gasteiger partial charge >= 0.3 is 0 Å². The second kappa shape index (κ2) is 7.60.